The molecule has 1 N–H and O–H groups in total. The third kappa shape index (κ3) is 5.02. The molecule has 1 atom stereocenters. The van der Waals surface area contributed by atoms with Crippen LogP contribution in [0, 0.1) is 0 Å². The molecule has 28 heavy (non-hydrogen) atoms. The van der Waals surface area contributed by atoms with Gasteiger partial charge in [0.15, 0.2) is 0 Å². The van der Waals surface area contributed by atoms with E-state index < -0.39 is 11.8 Å². The number of halogens is 2. The van der Waals surface area contributed by atoms with Crippen molar-refractivity contribution in [2.75, 3.05) is 31.7 Å². The van der Waals surface area contributed by atoms with E-state index in [0.29, 0.717) is 5.75 Å². The molecular weight excluding hydrogens is 382 g/mol. The second-order valence-electron chi connectivity index (χ2n) is 6.70. The minimum absolute atomic E-state index is 0.0228. The van der Waals surface area contributed by atoms with Crippen LogP contribution in [0.15, 0.2) is 54.6 Å². The van der Waals surface area contributed by atoms with E-state index in [2.05, 4.69) is 22.3 Å². The number of nitrogens with one attached hydrogen (secondary N) is 1. The van der Waals surface area contributed by atoms with Gasteiger partial charge in [0.25, 0.3) is 5.91 Å². The topological polar surface area (TPSA) is 41.6 Å². The fourth-order valence-corrected chi connectivity index (χ4v) is 4.29. The molecule has 7 heteroatoms. The first-order chi connectivity index (χ1) is 13.5. The number of alkyl halides is 2. The molecular formula is C21H24F2N2O2S. The van der Waals surface area contributed by atoms with Crippen LogP contribution < -0.4 is 10.1 Å². The van der Waals surface area contributed by atoms with Gasteiger partial charge in [-0.2, -0.15) is 20.5 Å². The van der Waals surface area contributed by atoms with Crippen LogP contribution in [0.25, 0.3) is 0 Å². The molecule has 0 unspecified atom stereocenters. The van der Waals surface area contributed by atoms with Crippen LogP contribution in [-0.2, 0) is 17.3 Å². The molecule has 4 nitrogen and oxygen atoms in total. The standard InChI is InChI=1S/C21H24F2N2O2S/c1-27-19-9-7-17(8-10-19)21(22,23)20(26)24-13-18-15-28-12-11-25(18)14-16-5-3-2-4-6-16/h2-10,18H,11-15H2,1H3,(H,24,26)/t18-/m1/s1. The van der Waals surface area contributed by atoms with Crippen molar-refractivity contribution < 1.29 is 18.3 Å². The summed E-state index contributed by atoms with van der Waals surface area (Å²) in [6.07, 6.45) is 0. The summed E-state index contributed by atoms with van der Waals surface area (Å²) in [6.45, 7) is 1.82. The minimum Gasteiger partial charge on any atom is -0.497 e. The van der Waals surface area contributed by atoms with E-state index in [1.807, 2.05) is 18.2 Å². The highest BCUT2D eigenvalue weighted by Gasteiger charge is 2.41. The molecule has 0 aromatic heterocycles. The van der Waals surface area contributed by atoms with Crippen LogP contribution >= 0.6 is 11.8 Å². The van der Waals surface area contributed by atoms with Gasteiger partial charge in [-0.05, 0) is 29.8 Å². The highest BCUT2D eigenvalue weighted by atomic mass is 32.2. The Balaban J connectivity index is 1.60. The maximum Gasteiger partial charge on any atom is 0.349 e. The number of rotatable bonds is 7. The van der Waals surface area contributed by atoms with Crippen molar-refractivity contribution in [2.24, 2.45) is 0 Å². The second-order valence-corrected chi connectivity index (χ2v) is 7.85. The Kier molecular flexibility index (Phi) is 6.91. The number of carbonyl (C=O) groups excluding carboxylic acids is 1. The molecule has 0 aliphatic carbocycles. The van der Waals surface area contributed by atoms with Gasteiger partial charge in [0, 0.05) is 42.7 Å². The molecule has 3 rings (SSSR count). The first-order valence-electron chi connectivity index (χ1n) is 9.17. The largest absolute Gasteiger partial charge is 0.497 e. The SMILES string of the molecule is COc1ccc(C(F)(F)C(=O)NC[C@@H]2CSCCN2Cc2ccccc2)cc1. The molecule has 0 saturated carbocycles. The van der Waals surface area contributed by atoms with E-state index in [1.54, 1.807) is 11.8 Å². The van der Waals surface area contributed by atoms with Crippen LogP contribution in [0.4, 0.5) is 8.78 Å². The Morgan fingerprint density at radius 3 is 2.61 bits per heavy atom. The van der Waals surface area contributed by atoms with Crippen LogP contribution in [0.3, 0.4) is 0 Å². The average molecular weight is 406 g/mol. The number of ether oxygens (including phenoxy) is 1. The fourth-order valence-electron chi connectivity index (χ4n) is 3.16. The monoisotopic (exact) mass is 406 g/mol. The average Bonchev–Trinajstić information content (AvgIpc) is 2.73. The lowest BCUT2D eigenvalue weighted by Gasteiger charge is -2.35. The Labute approximate surface area is 168 Å². The molecule has 1 saturated heterocycles. The van der Waals surface area contributed by atoms with Crippen molar-refractivity contribution in [3.8, 4) is 5.75 Å². The summed E-state index contributed by atoms with van der Waals surface area (Å²) < 4.78 is 34.0. The van der Waals surface area contributed by atoms with E-state index in [9.17, 15) is 13.6 Å². The van der Waals surface area contributed by atoms with Crippen molar-refractivity contribution >= 4 is 17.7 Å². The molecule has 1 amide bonds. The number of hydrogen-bond acceptors (Lipinski definition) is 4. The molecule has 1 aliphatic heterocycles. The Hall–Kier alpha value is -2.12. The predicted octanol–water partition coefficient (Wildman–Crippen LogP) is 3.52. The Morgan fingerprint density at radius 1 is 1.21 bits per heavy atom. The summed E-state index contributed by atoms with van der Waals surface area (Å²) in [5.74, 6) is -2.58. The lowest BCUT2D eigenvalue weighted by atomic mass is 10.1. The van der Waals surface area contributed by atoms with E-state index in [1.165, 1.54) is 36.9 Å². The van der Waals surface area contributed by atoms with Gasteiger partial charge in [0.1, 0.15) is 5.75 Å². The molecule has 1 aliphatic rings. The number of carbonyl (C=O) groups is 1. The molecule has 2 aromatic carbocycles. The zero-order valence-corrected chi connectivity index (χ0v) is 16.6. The van der Waals surface area contributed by atoms with Gasteiger partial charge in [-0.1, -0.05) is 30.3 Å². The molecule has 150 valence electrons. The van der Waals surface area contributed by atoms with Crippen molar-refractivity contribution in [2.45, 2.75) is 18.5 Å². The van der Waals surface area contributed by atoms with Crippen molar-refractivity contribution in [1.82, 2.24) is 10.2 Å². The quantitative estimate of drug-likeness (QED) is 0.764. The van der Waals surface area contributed by atoms with Gasteiger partial charge in [0.05, 0.1) is 7.11 Å². The number of hydrogen-bond donors (Lipinski definition) is 1. The van der Waals surface area contributed by atoms with Crippen LogP contribution in [0.2, 0.25) is 0 Å². The lowest BCUT2D eigenvalue weighted by molar-refractivity contribution is -0.147. The number of amides is 1. The van der Waals surface area contributed by atoms with E-state index in [0.717, 1.165) is 24.6 Å². The molecule has 0 radical (unpaired) electrons. The normalized spacial score (nSPS) is 17.9. The fraction of sp³-hybridized carbons (Fsp3) is 0.381. The first kappa shape index (κ1) is 20.6. The molecule has 0 spiro atoms. The van der Waals surface area contributed by atoms with Gasteiger partial charge in [-0.15, -0.1) is 0 Å². The number of thioether (sulfide) groups is 1. The lowest BCUT2D eigenvalue weighted by Crippen LogP contribution is -2.50. The minimum atomic E-state index is -3.58. The van der Waals surface area contributed by atoms with Gasteiger partial charge < -0.3 is 10.1 Å². The highest BCUT2D eigenvalue weighted by Crippen LogP contribution is 2.29. The first-order valence-corrected chi connectivity index (χ1v) is 10.3. The molecule has 0 bridgehead atoms. The highest BCUT2D eigenvalue weighted by molar-refractivity contribution is 7.99. The smallest absolute Gasteiger partial charge is 0.349 e. The summed E-state index contributed by atoms with van der Waals surface area (Å²) in [7, 11) is 1.46. The number of methoxy groups -OCH3 is 1. The predicted molar refractivity (Wildman–Crippen MR) is 108 cm³/mol. The second kappa shape index (κ2) is 9.39. The number of benzene rings is 2. The van der Waals surface area contributed by atoms with Gasteiger partial charge in [-0.25, -0.2) is 0 Å². The number of nitrogens with zero attached hydrogens (tertiary/aromatic N) is 1. The van der Waals surface area contributed by atoms with E-state index >= 15 is 0 Å². The zero-order chi connectivity index (χ0) is 20.0. The summed E-state index contributed by atoms with van der Waals surface area (Å²) in [5.41, 5.74) is 0.833. The maximum absolute atomic E-state index is 14.5. The maximum atomic E-state index is 14.5. The molecule has 2 aromatic rings. The summed E-state index contributed by atoms with van der Waals surface area (Å²) in [6, 6.07) is 15.4. The van der Waals surface area contributed by atoms with Crippen molar-refractivity contribution in [1.29, 1.82) is 0 Å². The van der Waals surface area contributed by atoms with E-state index in [-0.39, 0.29) is 18.2 Å². The van der Waals surface area contributed by atoms with E-state index in [4.69, 9.17) is 4.74 Å². The molecule has 1 heterocycles. The van der Waals surface area contributed by atoms with Crippen molar-refractivity contribution in [3.63, 3.8) is 0 Å². The third-order valence-electron chi connectivity index (χ3n) is 4.81. The van der Waals surface area contributed by atoms with Gasteiger partial charge in [0.2, 0.25) is 0 Å². The Morgan fingerprint density at radius 2 is 1.93 bits per heavy atom. The summed E-state index contributed by atoms with van der Waals surface area (Å²) in [5, 5.41) is 2.46. The summed E-state index contributed by atoms with van der Waals surface area (Å²) >= 11 is 1.78. The van der Waals surface area contributed by atoms with Crippen molar-refractivity contribution in [3.05, 3.63) is 65.7 Å². The zero-order valence-electron chi connectivity index (χ0n) is 15.7. The Bertz CT molecular complexity index is 772. The van der Waals surface area contributed by atoms with Crippen LogP contribution in [0.1, 0.15) is 11.1 Å². The van der Waals surface area contributed by atoms with Gasteiger partial charge in [-0.3, -0.25) is 9.69 Å². The molecule has 1 fully saturated rings. The van der Waals surface area contributed by atoms with Gasteiger partial charge >= 0.3 is 5.92 Å². The summed E-state index contributed by atoms with van der Waals surface area (Å²) in [4.78, 5) is 14.5. The van der Waals surface area contributed by atoms with Crippen LogP contribution in [-0.4, -0.2) is 48.6 Å². The van der Waals surface area contributed by atoms with Crippen LogP contribution in [0.5, 0.6) is 5.75 Å². The third-order valence-corrected chi connectivity index (χ3v) is 5.91.